The van der Waals surface area contributed by atoms with Crippen LogP contribution in [-0.2, 0) is 19.6 Å². The first-order chi connectivity index (χ1) is 14.9. The molecule has 1 heterocycles. The lowest BCUT2D eigenvalue weighted by atomic mass is 10.2. The molecule has 1 aliphatic rings. The highest BCUT2D eigenvalue weighted by molar-refractivity contribution is 7.89. The number of hydrogen-bond acceptors (Lipinski definition) is 7. The Hall–Kier alpha value is -1.84. The molecule has 0 radical (unpaired) electrons. The minimum absolute atomic E-state index is 0.0151. The number of carbonyl (C=O) groups excluding carboxylic acids is 1. The molecule has 1 aliphatic heterocycles. The van der Waals surface area contributed by atoms with Crippen molar-refractivity contribution in [2.45, 2.75) is 57.9 Å². The van der Waals surface area contributed by atoms with Gasteiger partial charge in [-0.2, -0.15) is 4.31 Å². The van der Waals surface area contributed by atoms with E-state index in [0.29, 0.717) is 31.3 Å². The van der Waals surface area contributed by atoms with Gasteiger partial charge in [0, 0.05) is 25.2 Å². The molecule has 8 nitrogen and oxygen atoms in total. The Bertz CT molecular complexity index is 814. The summed E-state index contributed by atoms with van der Waals surface area (Å²) in [5.41, 5.74) is 0. The van der Waals surface area contributed by atoms with E-state index in [1.54, 1.807) is 13.0 Å². The molecule has 0 N–H and O–H groups in total. The van der Waals surface area contributed by atoms with Crippen molar-refractivity contribution in [2.75, 3.05) is 46.0 Å². The lowest BCUT2D eigenvalue weighted by Crippen LogP contribution is -2.43. The Balaban J connectivity index is 2.32. The Labute approximate surface area is 186 Å². The van der Waals surface area contributed by atoms with Crippen molar-refractivity contribution in [3.05, 3.63) is 18.2 Å². The van der Waals surface area contributed by atoms with Gasteiger partial charge in [0.2, 0.25) is 10.0 Å². The van der Waals surface area contributed by atoms with E-state index in [1.165, 1.54) is 16.4 Å². The number of rotatable bonds is 13. The lowest BCUT2D eigenvalue weighted by Gasteiger charge is -2.29. The van der Waals surface area contributed by atoms with Gasteiger partial charge in [0.15, 0.2) is 11.5 Å². The molecule has 0 unspecified atom stereocenters. The molecule has 1 saturated heterocycles. The van der Waals surface area contributed by atoms with Gasteiger partial charge < -0.3 is 14.2 Å². The van der Waals surface area contributed by atoms with Gasteiger partial charge in [-0.25, -0.2) is 8.42 Å². The van der Waals surface area contributed by atoms with Gasteiger partial charge in [-0.3, -0.25) is 9.69 Å². The van der Waals surface area contributed by atoms with E-state index in [-0.39, 0.29) is 30.5 Å². The van der Waals surface area contributed by atoms with Crippen molar-refractivity contribution in [1.82, 2.24) is 9.21 Å². The number of nitrogens with zero attached hydrogens (tertiary/aromatic N) is 2. The van der Waals surface area contributed by atoms with Gasteiger partial charge in [0.05, 0.1) is 31.1 Å². The monoisotopic (exact) mass is 456 g/mol. The average Bonchev–Trinajstić information content (AvgIpc) is 3.20. The molecule has 0 spiro atoms. The second-order valence-corrected chi connectivity index (χ2v) is 9.26. The van der Waals surface area contributed by atoms with E-state index in [0.717, 1.165) is 25.9 Å². The van der Waals surface area contributed by atoms with Crippen LogP contribution in [0.25, 0.3) is 0 Å². The number of likely N-dealkylation sites (N-methyl/N-ethyl adjacent to an activating group) is 1. The molecule has 9 heteroatoms. The summed E-state index contributed by atoms with van der Waals surface area (Å²) in [6.45, 7) is 10.9. The quantitative estimate of drug-likeness (QED) is 0.422. The zero-order valence-corrected chi connectivity index (χ0v) is 19.9. The SMILES string of the molecule is CCOC(=O)CCN(C[C@H]1CCCN1CC)S(=O)(=O)c1ccc(OCC)c(OCC)c1. The highest BCUT2D eigenvalue weighted by atomic mass is 32.2. The third kappa shape index (κ3) is 6.82. The molecule has 31 heavy (non-hydrogen) atoms. The van der Waals surface area contributed by atoms with Crippen LogP contribution in [0.4, 0.5) is 0 Å². The van der Waals surface area contributed by atoms with Crippen LogP contribution < -0.4 is 9.47 Å². The number of sulfonamides is 1. The average molecular weight is 457 g/mol. The highest BCUT2D eigenvalue weighted by Crippen LogP contribution is 2.32. The third-order valence-electron chi connectivity index (χ3n) is 5.34. The first-order valence-corrected chi connectivity index (χ1v) is 12.6. The van der Waals surface area contributed by atoms with Crippen molar-refractivity contribution in [3.63, 3.8) is 0 Å². The molecule has 0 amide bonds. The molecule has 176 valence electrons. The predicted molar refractivity (Wildman–Crippen MR) is 119 cm³/mol. The zero-order valence-electron chi connectivity index (χ0n) is 19.1. The van der Waals surface area contributed by atoms with E-state index >= 15 is 0 Å². The van der Waals surface area contributed by atoms with Gasteiger partial charge in [-0.15, -0.1) is 0 Å². The molecule has 1 aromatic rings. The molecule has 1 aromatic carbocycles. The Morgan fingerprint density at radius 3 is 2.45 bits per heavy atom. The standard InChI is InChI=1S/C22H36N2O6S/c1-5-23-14-9-10-18(23)17-24(15-13-22(25)30-8-4)31(26,27)19-11-12-20(28-6-2)21(16-19)29-7-3/h11-12,16,18H,5-10,13-15,17H2,1-4H3/t18-/m1/s1. The maximum atomic E-state index is 13.6. The summed E-state index contributed by atoms with van der Waals surface area (Å²) in [6.07, 6.45) is 2.00. The van der Waals surface area contributed by atoms with Crippen LogP contribution in [0.15, 0.2) is 23.1 Å². The van der Waals surface area contributed by atoms with Crippen LogP contribution in [0, 0.1) is 0 Å². The van der Waals surface area contributed by atoms with Gasteiger partial charge in [-0.05, 0) is 58.8 Å². The van der Waals surface area contributed by atoms with Gasteiger partial charge in [-0.1, -0.05) is 6.92 Å². The van der Waals surface area contributed by atoms with Gasteiger partial charge >= 0.3 is 5.97 Å². The van der Waals surface area contributed by atoms with Crippen LogP contribution in [0.2, 0.25) is 0 Å². The van der Waals surface area contributed by atoms with Crippen LogP contribution in [0.3, 0.4) is 0 Å². The molecule has 0 aliphatic carbocycles. The zero-order chi connectivity index (χ0) is 22.9. The topological polar surface area (TPSA) is 85.4 Å². The van der Waals surface area contributed by atoms with Crippen LogP contribution in [0.5, 0.6) is 11.5 Å². The smallest absolute Gasteiger partial charge is 0.307 e. The van der Waals surface area contributed by atoms with Crippen LogP contribution >= 0.6 is 0 Å². The molecule has 0 aromatic heterocycles. The van der Waals surface area contributed by atoms with Crippen molar-refractivity contribution in [2.24, 2.45) is 0 Å². The summed E-state index contributed by atoms with van der Waals surface area (Å²) in [5.74, 6) is 0.504. The summed E-state index contributed by atoms with van der Waals surface area (Å²) in [7, 11) is -3.84. The first-order valence-electron chi connectivity index (χ1n) is 11.2. The number of benzene rings is 1. The molecule has 2 rings (SSSR count). The Morgan fingerprint density at radius 1 is 1.10 bits per heavy atom. The van der Waals surface area contributed by atoms with E-state index in [4.69, 9.17) is 14.2 Å². The summed E-state index contributed by atoms with van der Waals surface area (Å²) in [6, 6.07) is 4.80. The third-order valence-corrected chi connectivity index (χ3v) is 7.20. The molecule has 0 saturated carbocycles. The minimum atomic E-state index is -3.84. The van der Waals surface area contributed by atoms with Gasteiger partial charge in [0.25, 0.3) is 0 Å². The van der Waals surface area contributed by atoms with E-state index in [2.05, 4.69) is 11.8 Å². The summed E-state index contributed by atoms with van der Waals surface area (Å²) in [4.78, 5) is 14.4. The van der Waals surface area contributed by atoms with Crippen molar-refractivity contribution in [1.29, 1.82) is 0 Å². The fraction of sp³-hybridized carbons (Fsp3) is 0.682. The van der Waals surface area contributed by atoms with Crippen LogP contribution in [-0.4, -0.2) is 75.6 Å². The van der Waals surface area contributed by atoms with E-state index in [1.807, 2.05) is 13.8 Å². The van der Waals surface area contributed by atoms with Crippen molar-refractivity contribution >= 4 is 16.0 Å². The first kappa shape index (κ1) is 25.4. The van der Waals surface area contributed by atoms with Gasteiger partial charge in [0.1, 0.15) is 0 Å². The maximum Gasteiger partial charge on any atom is 0.307 e. The highest BCUT2D eigenvalue weighted by Gasteiger charge is 2.32. The molecular formula is C22H36N2O6S. The number of carbonyl (C=O) groups is 1. The second kappa shape index (κ2) is 12.3. The molecular weight excluding hydrogens is 420 g/mol. The minimum Gasteiger partial charge on any atom is -0.490 e. The largest absolute Gasteiger partial charge is 0.490 e. The number of ether oxygens (including phenoxy) is 3. The summed E-state index contributed by atoms with van der Waals surface area (Å²) < 4.78 is 44.7. The summed E-state index contributed by atoms with van der Waals surface area (Å²) in [5, 5.41) is 0. The van der Waals surface area contributed by atoms with E-state index in [9.17, 15) is 13.2 Å². The maximum absolute atomic E-state index is 13.6. The van der Waals surface area contributed by atoms with Crippen molar-refractivity contribution in [3.8, 4) is 11.5 Å². The normalized spacial score (nSPS) is 17.1. The molecule has 0 bridgehead atoms. The molecule has 1 fully saturated rings. The fourth-order valence-corrected chi connectivity index (χ4v) is 5.35. The van der Waals surface area contributed by atoms with Crippen molar-refractivity contribution < 1.29 is 27.4 Å². The number of esters is 1. The Morgan fingerprint density at radius 2 is 1.81 bits per heavy atom. The fourth-order valence-electron chi connectivity index (χ4n) is 3.85. The predicted octanol–water partition coefficient (Wildman–Crippen LogP) is 2.91. The molecule has 1 atom stereocenters. The Kier molecular flexibility index (Phi) is 10.1. The second-order valence-electron chi connectivity index (χ2n) is 7.32. The summed E-state index contributed by atoms with van der Waals surface area (Å²) >= 11 is 0. The number of likely N-dealkylation sites (tertiary alicyclic amines) is 1. The number of hydrogen-bond donors (Lipinski definition) is 0. The van der Waals surface area contributed by atoms with E-state index < -0.39 is 16.0 Å². The van der Waals surface area contributed by atoms with Crippen LogP contribution in [0.1, 0.15) is 47.0 Å². The lowest BCUT2D eigenvalue weighted by molar-refractivity contribution is -0.143.